The topological polar surface area (TPSA) is 88.3 Å². The number of carbonyl (C=O) groups excluding carboxylic acids is 1. The minimum atomic E-state index is -0.938. The molecule has 26 heavy (non-hydrogen) atoms. The largest absolute Gasteiger partial charge is 0.481 e. The highest BCUT2D eigenvalue weighted by Gasteiger charge is 2.21. The van der Waals surface area contributed by atoms with Crippen molar-refractivity contribution in [1.82, 2.24) is 19.7 Å². The number of carbonyl (C=O) groups is 2. The Morgan fingerprint density at radius 1 is 1.23 bits per heavy atom. The second-order valence-electron chi connectivity index (χ2n) is 6.20. The zero-order valence-corrected chi connectivity index (χ0v) is 14.9. The van der Waals surface area contributed by atoms with Gasteiger partial charge in [0.15, 0.2) is 5.65 Å². The van der Waals surface area contributed by atoms with E-state index in [1.54, 1.807) is 24.8 Å². The van der Waals surface area contributed by atoms with Crippen molar-refractivity contribution in [3.05, 3.63) is 47.7 Å². The molecule has 0 spiro atoms. The number of fused-ring (bicyclic) bond motifs is 1. The number of aliphatic carboxylic acids is 1. The molecule has 0 atom stereocenters. The molecule has 0 saturated heterocycles. The van der Waals surface area contributed by atoms with Crippen LogP contribution < -0.4 is 0 Å². The molecular formula is C19H20N4O3. The molecule has 134 valence electrons. The molecule has 7 heteroatoms. The molecule has 2 aromatic heterocycles. The number of carboxylic acid groups (broad SMARTS) is 1. The number of hydrogen-bond acceptors (Lipinski definition) is 4. The molecule has 0 aliphatic rings. The van der Waals surface area contributed by atoms with Crippen LogP contribution in [-0.2, 0) is 11.8 Å². The quantitative estimate of drug-likeness (QED) is 0.762. The Morgan fingerprint density at radius 2 is 1.92 bits per heavy atom. The molecule has 1 aromatic carbocycles. The monoisotopic (exact) mass is 352 g/mol. The van der Waals surface area contributed by atoms with Gasteiger partial charge in [0.2, 0.25) is 0 Å². The number of benzene rings is 1. The predicted molar refractivity (Wildman–Crippen MR) is 97.9 cm³/mol. The van der Waals surface area contributed by atoms with Crippen LogP contribution in [0.15, 0.2) is 36.4 Å². The first kappa shape index (κ1) is 17.6. The smallest absolute Gasteiger partial charge is 0.305 e. The second kappa shape index (κ2) is 6.95. The van der Waals surface area contributed by atoms with Crippen LogP contribution in [0.3, 0.4) is 0 Å². The Kier molecular flexibility index (Phi) is 4.71. The van der Waals surface area contributed by atoms with Gasteiger partial charge in [0.25, 0.3) is 5.91 Å². The zero-order valence-electron chi connectivity index (χ0n) is 14.9. The maximum atomic E-state index is 13.0. The molecule has 0 aliphatic carbocycles. The number of carboxylic acids is 1. The van der Waals surface area contributed by atoms with Crippen LogP contribution in [0, 0.1) is 6.92 Å². The van der Waals surface area contributed by atoms with Crippen molar-refractivity contribution in [2.45, 2.75) is 13.3 Å². The van der Waals surface area contributed by atoms with Gasteiger partial charge in [-0.05, 0) is 13.0 Å². The number of nitrogens with zero attached hydrogens (tertiary/aromatic N) is 4. The van der Waals surface area contributed by atoms with E-state index in [0.29, 0.717) is 28.0 Å². The van der Waals surface area contributed by atoms with Crippen LogP contribution in [0.2, 0.25) is 0 Å². The molecule has 0 aliphatic heterocycles. The molecule has 1 amide bonds. The maximum absolute atomic E-state index is 13.0. The summed E-state index contributed by atoms with van der Waals surface area (Å²) in [6.45, 7) is 1.97. The normalized spacial score (nSPS) is 10.9. The van der Waals surface area contributed by atoms with Gasteiger partial charge in [0.1, 0.15) is 0 Å². The highest BCUT2D eigenvalue weighted by atomic mass is 16.4. The lowest BCUT2D eigenvalue weighted by molar-refractivity contribution is -0.137. The van der Waals surface area contributed by atoms with Crippen LogP contribution in [0.25, 0.3) is 22.3 Å². The van der Waals surface area contributed by atoms with E-state index in [2.05, 4.69) is 10.1 Å². The van der Waals surface area contributed by atoms with E-state index < -0.39 is 5.97 Å². The number of hydrogen-bond donors (Lipinski definition) is 1. The summed E-state index contributed by atoms with van der Waals surface area (Å²) in [4.78, 5) is 29.9. The highest BCUT2D eigenvalue weighted by molar-refractivity contribution is 6.07. The number of amides is 1. The average molecular weight is 352 g/mol. The van der Waals surface area contributed by atoms with Gasteiger partial charge in [0, 0.05) is 26.2 Å². The van der Waals surface area contributed by atoms with Crippen molar-refractivity contribution in [2.24, 2.45) is 7.05 Å². The van der Waals surface area contributed by atoms with Gasteiger partial charge in [-0.15, -0.1) is 0 Å². The molecule has 0 saturated carbocycles. The maximum Gasteiger partial charge on any atom is 0.305 e. The minimum absolute atomic E-state index is 0.103. The summed E-state index contributed by atoms with van der Waals surface area (Å²) in [6, 6.07) is 11.4. The summed E-state index contributed by atoms with van der Waals surface area (Å²) >= 11 is 0. The van der Waals surface area contributed by atoms with Gasteiger partial charge in [-0.1, -0.05) is 30.3 Å². The standard InChI is InChI=1S/C19H20N4O3/c1-12-17-14(19(26)22(2)10-9-16(24)25)11-15(13-7-5-4-6-8-13)20-18(17)23(3)21-12/h4-8,11H,9-10H2,1-3H3,(H,24,25). The zero-order chi connectivity index (χ0) is 18.8. The van der Waals surface area contributed by atoms with Gasteiger partial charge in [0.05, 0.1) is 28.8 Å². The molecule has 7 nitrogen and oxygen atoms in total. The fourth-order valence-corrected chi connectivity index (χ4v) is 2.94. The third kappa shape index (κ3) is 3.28. The number of pyridine rings is 1. The summed E-state index contributed by atoms with van der Waals surface area (Å²) in [5, 5.41) is 14.0. The summed E-state index contributed by atoms with van der Waals surface area (Å²) in [6.07, 6.45) is -0.103. The van der Waals surface area contributed by atoms with Crippen LogP contribution in [-0.4, -0.2) is 50.2 Å². The van der Waals surface area contributed by atoms with Crippen LogP contribution in [0.4, 0.5) is 0 Å². The third-order valence-corrected chi connectivity index (χ3v) is 4.28. The van der Waals surface area contributed by atoms with Gasteiger partial charge >= 0.3 is 5.97 Å². The van der Waals surface area contributed by atoms with E-state index in [1.165, 1.54) is 4.90 Å². The summed E-state index contributed by atoms with van der Waals surface area (Å²) in [5.41, 5.74) is 3.39. The van der Waals surface area contributed by atoms with Gasteiger partial charge in [-0.25, -0.2) is 4.98 Å². The molecule has 0 unspecified atom stereocenters. The summed E-state index contributed by atoms with van der Waals surface area (Å²) in [7, 11) is 3.39. The van der Waals surface area contributed by atoms with Crippen LogP contribution >= 0.6 is 0 Å². The first-order valence-corrected chi connectivity index (χ1v) is 8.25. The number of aryl methyl sites for hydroxylation is 2. The van der Waals surface area contributed by atoms with Crippen molar-refractivity contribution in [1.29, 1.82) is 0 Å². The number of rotatable bonds is 5. The van der Waals surface area contributed by atoms with Crippen molar-refractivity contribution in [3.63, 3.8) is 0 Å². The number of aromatic nitrogens is 3. The summed E-state index contributed by atoms with van der Waals surface area (Å²) < 4.78 is 1.66. The van der Waals surface area contributed by atoms with E-state index in [0.717, 1.165) is 5.56 Å². The molecule has 0 radical (unpaired) electrons. The first-order chi connectivity index (χ1) is 12.4. The average Bonchev–Trinajstić information content (AvgIpc) is 2.93. The Labute approximate surface area is 150 Å². The Hall–Kier alpha value is -3.22. The molecule has 3 rings (SSSR count). The minimum Gasteiger partial charge on any atom is -0.481 e. The predicted octanol–water partition coefficient (Wildman–Crippen LogP) is 2.49. The molecule has 2 heterocycles. The molecule has 0 bridgehead atoms. The highest BCUT2D eigenvalue weighted by Crippen LogP contribution is 2.27. The fraction of sp³-hybridized carbons (Fsp3) is 0.263. The van der Waals surface area contributed by atoms with E-state index >= 15 is 0 Å². The lowest BCUT2D eigenvalue weighted by Crippen LogP contribution is -2.29. The van der Waals surface area contributed by atoms with E-state index in [9.17, 15) is 9.59 Å². The van der Waals surface area contributed by atoms with Crippen LogP contribution in [0.1, 0.15) is 22.5 Å². The lowest BCUT2D eigenvalue weighted by atomic mass is 10.0. The SMILES string of the molecule is Cc1nn(C)c2nc(-c3ccccc3)cc(C(=O)N(C)CCC(=O)O)c12. The molecule has 1 N–H and O–H groups in total. The van der Waals surface area contributed by atoms with E-state index in [4.69, 9.17) is 5.11 Å². The van der Waals surface area contributed by atoms with Crippen molar-refractivity contribution in [2.75, 3.05) is 13.6 Å². The fourth-order valence-electron chi connectivity index (χ4n) is 2.94. The molecule has 0 fully saturated rings. The lowest BCUT2D eigenvalue weighted by Gasteiger charge is -2.17. The van der Waals surface area contributed by atoms with E-state index in [-0.39, 0.29) is 18.9 Å². The summed E-state index contributed by atoms with van der Waals surface area (Å²) in [5.74, 6) is -1.18. The van der Waals surface area contributed by atoms with Crippen molar-refractivity contribution < 1.29 is 14.7 Å². The Morgan fingerprint density at radius 3 is 2.58 bits per heavy atom. The van der Waals surface area contributed by atoms with Gasteiger partial charge in [-0.2, -0.15) is 5.10 Å². The van der Waals surface area contributed by atoms with Crippen molar-refractivity contribution >= 4 is 22.9 Å². The Bertz CT molecular complexity index is 979. The van der Waals surface area contributed by atoms with Gasteiger partial charge < -0.3 is 10.0 Å². The molecular weight excluding hydrogens is 332 g/mol. The second-order valence-corrected chi connectivity index (χ2v) is 6.20. The van der Waals surface area contributed by atoms with Crippen molar-refractivity contribution in [3.8, 4) is 11.3 Å². The first-order valence-electron chi connectivity index (χ1n) is 8.25. The third-order valence-electron chi connectivity index (χ3n) is 4.28. The Balaban J connectivity index is 2.13. The molecule has 3 aromatic rings. The van der Waals surface area contributed by atoms with E-state index in [1.807, 2.05) is 37.3 Å². The van der Waals surface area contributed by atoms with Crippen LogP contribution in [0.5, 0.6) is 0 Å². The van der Waals surface area contributed by atoms with Gasteiger partial charge in [-0.3, -0.25) is 14.3 Å².